The van der Waals surface area contributed by atoms with Gasteiger partial charge in [0, 0.05) is 38.4 Å². The Bertz CT molecular complexity index is 1170. The van der Waals surface area contributed by atoms with Gasteiger partial charge in [0.2, 0.25) is 0 Å². The topological polar surface area (TPSA) is 72.5 Å². The third-order valence-electron chi connectivity index (χ3n) is 12.5. The van der Waals surface area contributed by atoms with E-state index in [-0.39, 0.29) is 35.6 Å². The largest absolute Gasteiger partial charge is 0.469 e. The predicted octanol–water partition coefficient (Wildman–Crippen LogP) is 11.4. The molecule has 4 rings (SSSR count). The summed E-state index contributed by atoms with van der Waals surface area (Å²) in [6.45, 7) is 22.7. The minimum absolute atomic E-state index is 0.0616. The monoisotopic (exact) mass is 745 g/mol. The first-order valence-corrected chi connectivity index (χ1v) is 24.0. The van der Waals surface area contributed by atoms with Gasteiger partial charge in [-0.1, -0.05) is 51.0 Å². The van der Waals surface area contributed by atoms with Crippen LogP contribution in [0.15, 0.2) is 35.1 Å². The van der Waals surface area contributed by atoms with Crippen molar-refractivity contribution < 1.29 is 32.9 Å². The van der Waals surface area contributed by atoms with Gasteiger partial charge in [0.25, 0.3) is 0 Å². The lowest BCUT2D eigenvalue weighted by atomic mass is 9.84. The molecular weight excluding hydrogens is 669 g/mol. The first-order chi connectivity index (χ1) is 24.7. The number of allylic oxidation sites excluding steroid dienone is 4. The maximum Gasteiger partial charge on any atom is 0.302 e. The van der Waals surface area contributed by atoms with Crippen molar-refractivity contribution in [3.8, 4) is 0 Å². The molecule has 8 heteroatoms. The van der Waals surface area contributed by atoms with Gasteiger partial charge in [-0.3, -0.25) is 4.79 Å². The molecule has 0 radical (unpaired) electrons. The van der Waals surface area contributed by atoms with E-state index in [2.05, 4.69) is 72.9 Å². The molecule has 2 saturated heterocycles. The quantitative estimate of drug-likeness (QED) is 0.0404. The highest BCUT2D eigenvalue weighted by molar-refractivity contribution is 6.74. The van der Waals surface area contributed by atoms with Gasteiger partial charge in [0.15, 0.2) is 20.9 Å². The highest BCUT2D eigenvalue weighted by atomic mass is 28.4. The molecule has 7 nitrogen and oxygen atoms in total. The summed E-state index contributed by atoms with van der Waals surface area (Å²) in [4.78, 5) is 11.4. The number of esters is 1. The second-order valence-electron chi connectivity index (χ2n) is 18.2. The Morgan fingerprint density at radius 3 is 2.23 bits per heavy atom. The van der Waals surface area contributed by atoms with Crippen molar-refractivity contribution in [3.63, 3.8) is 0 Å². The Morgan fingerprint density at radius 1 is 0.942 bits per heavy atom. The normalized spacial score (nSPS) is 28.2. The summed E-state index contributed by atoms with van der Waals surface area (Å²) in [5.74, 6) is 2.94. The molecule has 0 amide bonds. The number of fused-ring (bicyclic) bond motifs is 1. The van der Waals surface area contributed by atoms with E-state index in [1.165, 1.54) is 18.9 Å². The van der Waals surface area contributed by atoms with Gasteiger partial charge in [-0.25, -0.2) is 0 Å². The summed E-state index contributed by atoms with van der Waals surface area (Å²) >= 11 is 0. The minimum Gasteiger partial charge on any atom is -0.469 e. The second-order valence-corrected chi connectivity index (χ2v) is 23.0. The van der Waals surface area contributed by atoms with E-state index in [1.807, 2.05) is 0 Å². The Balaban J connectivity index is 1.57. The van der Waals surface area contributed by atoms with E-state index in [1.54, 1.807) is 5.57 Å². The lowest BCUT2D eigenvalue weighted by Crippen LogP contribution is -2.42. The van der Waals surface area contributed by atoms with Crippen LogP contribution in [0.3, 0.4) is 0 Å². The van der Waals surface area contributed by atoms with E-state index >= 15 is 0 Å². The molecule has 0 aromatic carbocycles. The van der Waals surface area contributed by atoms with Gasteiger partial charge in [0.1, 0.15) is 5.76 Å². The van der Waals surface area contributed by atoms with Crippen LogP contribution in [0.1, 0.15) is 145 Å². The van der Waals surface area contributed by atoms with Crippen molar-refractivity contribution in [3.05, 3.63) is 35.1 Å². The molecule has 2 heterocycles. The van der Waals surface area contributed by atoms with Gasteiger partial charge >= 0.3 is 5.97 Å². The summed E-state index contributed by atoms with van der Waals surface area (Å²) < 4.78 is 38.5. The Labute approximate surface area is 319 Å². The number of unbranched alkanes of at least 4 members (excludes halogenated alkanes) is 1. The molecule has 0 aromatic heterocycles. The van der Waals surface area contributed by atoms with Crippen molar-refractivity contribution in [1.29, 1.82) is 0 Å². The lowest BCUT2D eigenvalue weighted by molar-refractivity contribution is -0.201. The zero-order valence-corrected chi connectivity index (χ0v) is 35.6. The fourth-order valence-electron chi connectivity index (χ4n) is 8.21. The summed E-state index contributed by atoms with van der Waals surface area (Å²) in [6, 6.07) is 0. The third kappa shape index (κ3) is 13.7. The van der Waals surface area contributed by atoms with Crippen LogP contribution < -0.4 is 0 Å². The first kappa shape index (κ1) is 43.3. The zero-order chi connectivity index (χ0) is 37.7. The zero-order valence-electron chi connectivity index (χ0n) is 34.6. The third-order valence-corrected chi connectivity index (χ3v) is 17.0. The lowest BCUT2D eigenvalue weighted by Gasteiger charge is -2.38. The van der Waals surface area contributed by atoms with Crippen LogP contribution in [0, 0.1) is 29.6 Å². The van der Waals surface area contributed by atoms with Crippen LogP contribution in [0.2, 0.25) is 18.1 Å². The van der Waals surface area contributed by atoms with Gasteiger partial charge < -0.3 is 28.1 Å². The smallest absolute Gasteiger partial charge is 0.302 e. The van der Waals surface area contributed by atoms with Crippen molar-refractivity contribution in [2.45, 2.75) is 182 Å². The van der Waals surface area contributed by atoms with Crippen molar-refractivity contribution in [2.75, 3.05) is 26.4 Å². The van der Waals surface area contributed by atoms with Crippen LogP contribution in [0.5, 0.6) is 0 Å². The number of hydrogen-bond acceptors (Lipinski definition) is 7. The van der Waals surface area contributed by atoms with Gasteiger partial charge in [-0.15, -0.1) is 0 Å². The Hall–Kier alpha value is -1.45. The number of ether oxygens (including phenoxy) is 5. The SMILES string of the molecule is CC(=O)OCCCCC(CO[Si](C)(C)C(C)(C)C)C1=CC2C[C@@H](OC3CCCCO3)[C@H](C(=CCC[C@H](C)CCC=C(C)C)OC3CCCCO3)C2C1. The van der Waals surface area contributed by atoms with Crippen LogP contribution in [-0.2, 0) is 32.9 Å². The minimum atomic E-state index is -1.92. The molecular formula is C44H76O7Si. The molecule has 0 N–H and O–H groups in total. The van der Waals surface area contributed by atoms with Gasteiger partial charge in [-0.2, -0.15) is 0 Å². The van der Waals surface area contributed by atoms with Gasteiger partial charge in [0.05, 0.1) is 19.3 Å². The fourth-order valence-corrected chi connectivity index (χ4v) is 9.26. The number of carbonyl (C=O) groups is 1. The molecule has 4 aliphatic rings. The van der Waals surface area contributed by atoms with Crippen LogP contribution in [0.25, 0.3) is 0 Å². The van der Waals surface area contributed by atoms with E-state index < -0.39 is 8.32 Å². The maximum atomic E-state index is 11.4. The molecule has 3 fully saturated rings. The average Bonchev–Trinajstić information content (AvgIpc) is 3.63. The van der Waals surface area contributed by atoms with Crippen LogP contribution >= 0.6 is 0 Å². The fraction of sp³-hybridized carbons (Fsp3) is 0.841. The van der Waals surface area contributed by atoms with E-state index in [0.717, 1.165) is 115 Å². The molecule has 0 spiro atoms. The second kappa shape index (κ2) is 21.0. The highest BCUT2D eigenvalue weighted by Crippen LogP contribution is 2.53. The van der Waals surface area contributed by atoms with Crippen molar-refractivity contribution in [2.24, 2.45) is 29.6 Å². The summed E-state index contributed by atoms with van der Waals surface area (Å²) in [7, 11) is -1.92. The summed E-state index contributed by atoms with van der Waals surface area (Å²) in [5.41, 5.74) is 2.94. The van der Waals surface area contributed by atoms with E-state index in [9.17, 15) is 4.79 Å². The molecule has 8 atom stereocenters. The number of carbonyl (C=O) groups excluding carboxylic acids is 1. The number of rotatable bonds is 20. The molecule has 2 aliphatic carbocycles. The highest BCUT2D eigenvalue weighted by Gasteiger charge is 2.50. The first-order valence-electron chi connectivity index (χ1n) is 21.1. The molecule has 298 valence electrons. The molecule has 0 aromatic rings. The predicted molar refractivity (Wildman–Crippen MR) is 213 cm³/mol. The number of hydrogen-bond donors (Lipinski definition) is 0. The summed E-state index contributed by atoms with van der Waals surface area (Å²) in [6.07, 6.45) is 23.1. The van der Waals surface area contributed by atoms with Crippen LogP contribution in [0.4, 0.5) is 0 Å². The van der Waals surface area contributed by atoms with E-state index in [4.69, 9.17) is 28.1 Å². The average molecular weight is 745 g/mol. The molecule has 0 bridgehead atoms. The molecule has 2 aliphatic heterocycles. The van der Waals surface area contributed by atoms with Crippen LogP contribution in [-0.4, -0.2) is 59.4 Å². The summed E-state index contributed by atoms with van der Waals surface area (Å²) in [5, 5.41) is 0.158. The van der Waals surface area contributed by atoms with Crippen molar-refractivity contribution >= 4 is 14.3 Å². The standard InChI is InChI=1S/C44H76O7Si/c1-32(2)18-16-19-33(3)20-17-22-39(50-41-23-11-14-26-47-41)43-38-29-36(28-37(38)30-40(43)51-42-24-12-15-27-48-42)35(21-10-13-25-46-34(4)45)31-49-52(8,9)44(5,6)7/h18,22,28,33,35,37-38,40-43H,10-17,19-21,23-27,29-31H2,1-9H3/t33-,35?,37?,38?,40-,41?,42?,43+/m1/s1. The molecule has 52 heavy (non-hydrogen) atoms. The molecule has 1 saturated carbocycles. The Morgan fingerprint density at radius 2 is 1.62 bits per heavy atom. The van der Waals surface area contributed by atoms with Crippen molar-refractivity contribution in [1.82, 2.24) is 0 Å². The van der Waals surface area contributed by atoms with E-state index in [0.29, 0.717) is 30.3 Å². The maximum absolute atomic E-state index is 11.4. The Kier molecular flexibility index (Phi) is 17.5. The van der Waals surface area contributed by atoms with Gasteiger partial charge in [-0.05, 0) is 146 Å². The molecule has 5 unspecified atom stereocenters.